The molecule has 0 aliphatic carbocycles. The first kappa shape index (κ1) is 68.3. The molecule has 0 aromatic carbocycles. The van der Waals surface area contributed by atoms with E-state index in [0.29, 0.717) is 19.3 Å². The summed E-state index contributed by atoms with van der Waals surface area (Å²) in [5.74, 6) is -0.958. The molecule has 6 heteroatoms. The van der Waals surface area contributed by atoms with Crippen LogP contribution in [0.15, 0.2) is 146 Å². The molecule has 0 amide bonds. The van der Waals surface area contributed by atoms with Crippen LogP contribution in [0.5, 0.6) is 0 Å². The average molecular weight is 1010 g/mol. The van der Waals surface area contributed by atoms with E-state index in [1.807, 2.05) is 0 Å². The molecular formula is C67H106O6. The van der Waals surface area contributed by atoms with Crippen LogP contribution in [0.1, 0.15) is 239 Å². The van der Waals surface area contributed by atoms with E-state index in [4.69, 9.17) is 14.2 Å². The predicted octanol–water partition coefficient (Wildman–Crippen LogP) is 20.0. The summed E-state index contributed by atoms with van der Waals surface area (Å²) in [6.45, 7) is 6.25. The first-order chi connectivity index (χ1) is 36.0. The number of carbonyl (C=O) groups is 3. The molecule has 1 atom stereocenters. The first-order valence-corrected chi connectivity index (χ1v) is 29.3. The number of hydrogen-bond donors (Lipinski definition) is 0. The van der Waals surface area contributed by atoms with Gasteiger partial charge in [0, 0.05) is 19.3 Å². The molecular weight excluding hydrogens is 901 g/mol. The normalized spacial score (nSPS) is 13.2. The van der Waals surface area contributed by atoms with Crippen molar-refractivity contribution in [3.63, 3.8) is 0 Å². The molecule has 0 aromatic heterocycles. The van der Waals surface area contributed by atoms with Gasteiger partial charge in [-0.3, -0.25) is 14.4 Å². The zero-order valence-corrected chi connectivity index (χ0v) is 46.8. The highest BCUT2D eigenvalue weighted by Crippen LogP contribution is 2.14. The maximum atomic E-state index is 12.9. The summed E-state index contributed by atoms with van der Waals surface area (Å²) < 4.78 is 16.9. The van der Waals surface area contributed by atoms with Gasteiger partial charge in [-0.2, -0.15) is 0 Å². The summed E-state index contributed by atoms with van der Waals surface area (Å²) in [4.78, 5) is 38.2. The van der Waals surface area contributed by atoms with E-state index in [1.165, 1.54) is 12.8 Å². The zero-order valence-electron chi connectivity index (χ0n) is 46.8. The van der Waals surface area contributed by atoms with Crippen molar-refractivity contribution in [2.24, 2.45) is 0 Å². The quantitative estimate of drug-likeness (QED) is 0.0261. The molecule has 73 heavy (non-hydrogen) atoms. The fraction of sp³-hybridized carbons (Fsp3) is 0.597. The van der Waals surface area contributed by atoms with Crippen LogP contribution >= 0.6 is 0 Å². The fourth-order valence-corrected chi connectivity index (χ4v) is 7.53. The lowest BCUT2D eigenvalue weighted by Crippen LogP contribution is -2.30. The van der Waals surface area contributed by atoms with Crippen LogP contribution in [0.4, 0.5) is 0 Å². The summed E-state index contributed by atoms with van der Waals surface area (Å²) in [5, 5.41) is 0. The van der Waals surface area contributed by atoms with Crippen LogP contribution in [0.25, 0.3) is 0 Å². The van der Waals surface area contributed by atoms with E-state index in [9.17, 15) is 14.4 Å². The van der Waals surface area contributed by atoms with Crippen molar-refractivity contribution in [1.29, 1.82) is 0 Å². The van der Waals surface area contributed by atoms with Gasteiger partial charge in [0.05, 0.1) is 0 Å². The maximum absolute atomic E-state index is 12.9. The van der Waals surface area contributed by atoms with Crippen molar-refractivity contribution in [2.75, 3.05) is 13.2 Å². The molecule has 0 saturated heterocycles. The molecule has 410 valence electrons. The second kappa shape index (κ2) is 59.8. The number of allylic oxidation sites excluding steroid dienone is 24. The highest BCUT2D eigenvalue weighted by molar-refractivity contribution is 5.71. The van der Waals surface area contributed by atoms with Crippen LogP contribution in [-0.2, 0) is 28.6 Å². The van der Waals surface area contributed by atoms with Crippen molar-refractivity contribution >= 4 is 17.9 Å². The molecule has 0 aliphatic rings. The number of carbonyl (C=O) groups excluding carboxylic acids is 3. The van der Waals surface area contributed by atoms with E-state index in [2.05, 4.69) is 167 Å². The second-order valence-corrected chi connectivity index (χ2v) is 18.8. The van der Waals surface area contributed by atoms with Crippen LogP contribution in [-0.4, -0.2) is 37.2 Å². The molecule has 0 fully saturated rings. The Morgan fingerprint density at radius 1 is 0.274 bits per heavy atom. The topological polar surface area (TPSA) is 78.9 Å². The molecule has 0 spiro atoms. The van der Waals surface area contributed by atoms with Crippen molar-refractivity contribution < 1.29 is 28.6 Å². The first-order valence-electron chi connectivity index (χ1n) is 29.3. The van der Waals surface area contributed by atoms with Crippen molar-refractivity contribution in [3.8, 4) is 0 Å². The SMILES string of the molecule is CC/C=C\C/C=C\C/C=C\C/C=C\C/C=C\CCCCCCCC(=O)OCC(COC(=O)CCCCCCC/C=C\C/C=C\C/C=C\CC)OC(=O)CCCCCCCC/C=C\C/C=C\C/C=C\C/C=C\CC. The number of unbranched alkanes of at least 4 members (excludes halogenated alkanes) is 16. The van der Waals surface area contributed by atoms with Gasteiger partial charge in [0.2, 0.25) is 0 Å². The van der Waals surface area contributed by atoms with Crippen LogP contribution < -0.4 is 0 Å². The Morgan fingerprint density at radius 3 is 0.767 bits per heavy atom. The second-order valence-electron chi connectivity index (χ2n) is 18.8. The zero-order chi connectivity index (χ0) is 52.9. The van der Waals surface area contributed by atoms with Gasteiger partial charge in [0.1, 0.15) is 13.2 Å². The van der Waals surface area contributed by atoms with Crippen molar-refractivity contribution in [3.05, 3.63) is 146 Å². The number of ether oxygens (including phenoxy) is 3. The number of rotatable bonds is 51. The third kappa shape index (κ3) is 58.1. The summed E-state index contributed by atoms with van der Waals surface area (Å²) in [6.07, 6.45) is 85.4. The molecule has 0 N–H and O–H groups in total. The Balaban J connectivity index is 4.50. The van der Waals surface area contributed by atoms with Gasteiger partial charge in [-0.05, 0) is 135 Å². The Kier molecular flexibility index (Phi) is 56.0. The van der Waals surface area contributed by atoms with Gasteiger partial charge in [-0.25, -0.2) is 0 Å². The Labute approximate surface area is 448 Å². The van der Waals surface area contributed by atoms with Crippen molar-refractivity contribution in [2.45, 2.75) is 245 Å². The molecule has 1 unspecified atom stereocenters. The smallest absolute Gasteiger partial charge is 0.306 e. The van der Waals surface area contributed by atoms with Gasteiger partial charge in [-0.15, -0.1) is 0 Å². The molecule has 0 heterocycles. The summed E-state index contributed by atoms with van der Waals surface area (Å²) >= 11 is 0. The highest BCUT2D eigenvalue weighted by Gasteiger charge is 2.19. The van der Waals surface area contributed by atoms with E-state index in [-0.39, 0.29) is 31.1 Å². The summed E-state index contributed by atoms with van der Waals surface area (Å²) in [7, 11) is 0. The van der Waals surface area contributed by atoms with Crippen LogP contribution in [0.2, 0.25) is 0 Å². The molecule has 0 bridgehead atoms. The molecule has 6 nitrogen and oxygen atoms in total. The van der Waals surface area contributed by atoms with E-state index < -0.39 is 6.10 Å². The summed E-state index contributed by atoms with van der Waals surface area (Å²) in [6, 6.07) is 0. The predicted molar refractivity (Wildman–Crippen MR) is 315 cm³/mol. The number of hydrogen-bond acceptors (Lipinski definition) is 6. The molecule has 0 radical (unpaired) electrons. The molecule has 0 rings (SSSR count). The molecule has 0 saturated carbocycles. The standard InChI is InChI=1S/C67H106O6/c1-4-7-10-13-16-19-22-25-28-30-32-33-35-36-39-42-45-48-51-54-57-60-66(69)72-63-64(62-71-65(68)59-56-53-50-47-44-41-38-27-24-21-18-15-12-9-6-3)73-67(70)61-58-55-52-49-46-43-40-37-34-31-29-26-23-20-17-14-11-8-5-2/h7-12,16-21,25-29,32-34,36-39,64H,4-6,13-15,22-24,30-31,35,40-63H2,1-3H3/b10-7-,11-8-,12-9-,19-16-,20-17-,21-18-,28-25-,29-26-,33-32-,37-34-,38-27-,39-36-. The van der Waals surface area contributed by atoms with Crippen LogP contribution in [0, 0.1) is 0 Å². The van der Waals surface area contributed by atoms with Gasteiger partial charge >= 0.3 is 17.9 Å². The lowest BCUT2D eigenvalue weighted by Gasteiger charge is -2.18. The van der Waals surface area contributed by atoms with E-state index in [0.717, 1.165) is 186 Å². The largest absolute Gasteiger partial charge is 0.462 e. The molecule has 0 aromatic rings. The fourth-order valence-electron chi connectivity index (χ4n) is 7.53. The van der Waals surface area contributed by atoms with E-state index >= 15 is 0 Å². The van der Waals surface area contributed by atoms with Gasteiger partial charge < -0.3 is 14.2 Å². The minimum Gasteiger partial charge on any atom is -0.462 e. The van der Waals surface area contributed by atoms with Gasteiger partial charge in [-0.1, -0.05) is 231 Å². The molecule has 0 aliphatic heterocycles. The third-order valence-electron chi connectivity index (χ3n) is 11.8. The Bertz CT molecular complexity index is 1630. The Hall–Kier alpha value is -4.71. The number of esters is 3. The lowest BCUT2D eigenvalue weighted by molar-refractivity contribution is -0.167. The highest BCUT2D eigenvalue weighted by atomic mass is 16.6. The van der Waals surface area contributed by atoms with Gasteiger partial charge in [0.15, 0.2) is 6.10 Å². The third-order valence-corrected chi connectivity index (χ3v) is 11.8. The lowest BCUT2D eigenvalue weighted by atomic mass is 10.1. The average Bonchev–Trinajstić information content (AvgIpc) is 3.39. The Morgan fingerprint density at radius 2 is 0.493 bits per heavy atom. The van der Waals surface area contributed by atoms with E-state index in [1.54, 1.807) is 0 Å². The minimum absolute atomic E-state index is 0.105. The summed E-state index contributed by atoms with van der Waals surface area (Å²) in [5.41, 5.74) is 0. The van der Waals surface area contributed by atoms with Gasteiger partial charge in [0.25, 0.3) is 0 Å². The maximum Gasteiger partial charge on any atom is 0.306 e. The van der Waals surface area contributed by atoms with Crippen LogP contribution in [0.3, 0.4) is 0 Å². The minimum atomic E-state index is -0.809. The monoisotopic (exact) mass is 1010 g/mol. The van der Waals surface area contributed by atoms with Crippen molar-refractivity contribution in [1.82, 2.24) is 0 Å².